The summed E-state index contributed by atoms with van der Waals surface area (Å²) >= 11 is 0. The van der Waals surface area contributed by atoms with E-state index in [2.05, 4.69) is 9.71 Å². The number of aryl methyl sites for hydroxylation is 3. The first-order chi connectivity index (χ1) is 11.8. The summed E-state index contributed by atoms with van der Waals surface area (Å²) in [6.45, 7) is 5.48. The molecule has 2 aromatic carbocycles. The van der Waals surface area contributed by atoms with Gasteiger partial charge < -0.3 is 4.98 Å². The SMILES string of the molecule is Cc1ccc(C)c(S(=O)(=O)NCc2cc3ccc(C)cc3[nH]c2=O)c1. The number of H-pyrrole nitrogens is 1. The Kier molecular flexibility index (Phi) is 4.49. The third kappa shape index (κ3) is 3.65. The second kappa shape index (κ2) is 6.46. The van der Waals surface area contributed by atoms with Crippen molar-refractivity contribution < 1.29 is 8.42 Å². The number of aromatic amines is 1. The Morgan fingerprint density at radius 3 is 2.40 bits per heavy atom. The molecule has 0 atom stereocenters. The van der Waals surface area contributed by atoms with Crippen LogP contribution in [0.25, 0.3) is 10.9 Å². The number of nitrogens with one attached hydrogen (secondary N) is 2. The number of hydrogen-bond donors (Lipinski definition) is 2. The Balaban J connectivity index is 1.91. The number of pyridine rings is 1. The van der Waals surface area contributed by atoms with Gasteiger partial charge >= 0.3 is 0 Å². The summed E-state index contributed by atoms with van der Waals surface area (Å²) < 4.78 is 27.7. The Hall–Kier alpha value is -2.44. The van der Waals surface area contributed by atoms with Gasteiger partial charge in [0.05, 0.1) is 4.90 Å². The molecule has 6 heteroatoms. The smallest absolute Gasteiger partial charge is 0.252 e. The monoisotopic (exact) mass is 356 g/mol. The number of aromatic nitrogens is 1. The predicted molar refractivity (Wildman–Crippen MR) is 99.2 cm³/mol. The minimum atomic E-state index is -3.69. The molecule has 0 unspecified atom stereocenters. The first-order valence-electron chi connectivity index (χ1n) is 7.96. The summed E-state index contributed by atoms with van der Waals surface area (Å²) in [4.78, 5) is 15.3. The molecule has 0 radical (unpaired) electrons. The second-order valence-corrected chi connectivity index (χ2v) is 8.04. The largest absolute Gasteiger partial charge is 0.322 e. The van der Waals surface area contributed by atoms with Crippen LogP contribution in [0.5, 0.6) is 0 Å². The fourth-order valence-electron chi connectivity index (χ4n) is 2.74. The van der Waals surface area contributed by atoms with Crippen molar-refractivity contribution in [2.45, 2.75) is 32.2 Å². The van der Waals surface area contributed by atoms with Crippen molar-refractivity contribution in [1.82, 2.24) is 9.71 Å². The van der Waals surface area contributed by atoms with Crippen LogP contribution in [0.15, 0.2) is 52.2 Å². The highest BCUT2D eigenvalue weighted by Crippen LogP contribution is 2.17. The van der Waals surface area contributed by atoms with Gasteiger partial charge in [0.1, 0.15) is 0 Å². The topological polar surface area (TPSA) is 79.0 Å². The van der Waals surface area contributed by atoms with Gasteiger partial charge in [-0.05, 0) is 61.0 Å². The van der Waals surface area contributed by atoms with Crippen molar-refractivity contribution in [3.8, 4) is 0 Å². The molecule has 1 heterocycles. The van der Waals surface area contributed by atoms with Gasteiger partial charge in [-0.15, -0.1) is 0 Å². The molecule has 0 aliphatic rings. The van der Waals surface area contributed by atoms with Crippen molar-refractivity contribution in [3.05, 3.63) is 75.1 Å². The van der Waals surface area contributed by atoms with Crippen LogP contribution in [-0.2, 0) is 16.6 Å². The highest BCUT2D eigenvalue weighted by Gasteiger charge is 2.17. The Morgan fingerprint density at radius 1 is 0.960 bits per heavy atom. The summed E-state index contributed by atoms with van der Waals surface area (Å²) in [5.74, 6) is 0. The number of sulfonamides is 1. The molecule has 3 aromatic rings. The molecule has 5 nitrogen and oxygen atoms in total. The molecular formula is C19H20N2O3S. The molecule has 0 aliphatic heterocycles. The Bertz CT molecular complexity index is 1120. The zero-order valence-corrected chi connectivity index (χ0v) is 15.2. The van der Waals surface area contributed by atoms with Crippen LogP contribution in [0.1, 0.15) is 22.3 Å². The summed E-state index contributed by atoms with van der Waals surface area (Å²) in [7, 11) is -3.69. The van der Waals surface area contributed by atoms with E-state index in [4.69, 9.17) is 0 Å². The average Bonchev–Trinajstić information content (AvgIpc) is 2.55. The number of rotatable bonds is 4. The molecule has 3 rings (SSSR count). The minimum absolute atomic E-state index is 0.0606. The third-order valence-corrected chi connectivity index (χ3v) is 5.71. The molecule has 25 heavy (non-hydrogen) atoms. The fraction of sp³-hybridized carbons (Fsp3) is 0.211. The van der Waals surface area contributed by atoms with E-state index in [-0.39, 0.29) is 17.0 Å². The molecule has 2 N–H and O–H groups in total. The van der Waals surface area contributed by atoms with Crippen molar-refractivity contribution in [1.29, 1.82) is 0 Å². The van der Waals surface area contributed by atoms with Crippen LogP contribution in [0, 0.1) is 20.8 Å². The molecule has 0 amide bonds. The molecule has 1 aromatic heterocycles. The summed E-state index contributed by atoms with van der Waals surface area (Å²) in [6.07, 6.45) is 0. The van der Waals surface area contributed by atoms with Crippen molar-refractivity contribution in [2.75, 3.05) is 0 Å². The van der Waals surface area contributed by atoms with Gasteiger partial charge in [0.2, 0.25) is 10.0 Å². The van der Waals surface area contributed by atoms with E-state index in [9.17, 15) is 13.2 Å². The zero-order chi connectivity index (χ0) is 18.2. The van der Waals surface area contributed by atoms with Gasteiger partial charge in [-0.2, -0.15) is 0 Å². The van der Waals surface area contributed by atoms with Gasteiger partial charge in [0.15, 0.2) is 0 Å². The first-order valence-corrected chi connectivity index (χ1v) is 9.44. The highest BCUT2D eigenvalue weighted by molar-refractivity contribution is 7.89. The van der Waals surface area contributed by atoms with E-state index in [1.807, 2.05) is 38.1 Å². The van der Waals surface area contributed by atoms with Crippen LogP contribution in [0.3, 0.4) is 0 Å². The normalized spacial score (nSPS) is 11.8. The van der Waals surface area contributed by atoms with Gasteiger partial charge in [0, 0.05) is 17.6 Å². The number of fused-ring (bicyclic) bond motifs is 1. The minimum Gasteiger partial charge on any atom is -0.322 e. The lowest BCUT2D eigenvalue weighted by Crippen LogP contribution is -2.27. The maximum absolute atomic E-state index is 12.6. The van der Waals surface area contributed by atoms with E-state index < -0.39 is 10.0 Å². The lowest BCUT2D eigenvalue weighted by Gasteiger charge is -2.10. The van der Waals surface area contributed by atoms with E-state index in [0.717, 1.165) is 22.0 Å². The van der Waals surface area contributed by atoms with E-state index in [1.54, 1.807) is 25.1 Å². The molecular weight excluding hydrogens is 336 g/mol. The van der Waals surface area contributed by atoms with Crippen LogP contribution in [0.2, 0.25) is 0 Å². The van der Waals surface area contributed by atoms with Gasteiger partial charge in [-0.3, -0.25) is 4.79 Å². The molecule has 0 saturated heterocycles. The van der Waals surface area contributed by atoms with Gasteiger partial charge in [0.25, 0.3) is 5.56 Å². The summed E-state index contributed by atoms with van der Waals surface area (Å²) in [6, 6.07) is 12.7. The highest BCUT2D eigenvalue weighted by atomic mass is 32.2. The molecule has 0 bridgehead atoms. The predicted octanol–water partition coefficient (Wildman–Crippen LogP) is 2.93. The van der Waals surface area contributed by atoms with Crippen LogP contribution in [0.4, 0.5) is 0 Å². The van der Waals surface area contributed by atoms with Crippen LogP contribution in [-0.4, -0.2) is 13.4 Å². The van der Waals surface area contributed by atoms with Gasteiger partial charge in [-0.25, -0.2) is 13.1 Å². The van der Waals surface area contributed by atoms with Crippen LogP contribution >= 0.6 is 0 Å². The first kappa shape index (κ1) is 17.4. The molecule has 0 spiro atoms. The quantitative estimate of drug-likeness (QED) is 0.754. The van der Waals surface area contributed by atoms with E-state index in [0.29, 0.717) is 11.1 Å². The van der Waals surface area contributed by atoms with Gasteiger partial charge in [-0.1, -0.05) is 24.3 Å². The maximum atomic E-state index is 12.6. The van der Waals surface area contributed by atoms with E-state index >= 15 is 0 Å². The lowest BCUT2D eigenvalue weighted by atomic mass is 10.1. The van der Waals surface area contributed by atoms with E-state index in [1.165, 1.54) is 0 Å². The van der Waals surface area contributed by atoms with Crippen molar-refractivity contribution >= 4 is 20.9 Å². The standard InChI is InChI=1S/C19H20N2O3S/c1-12-5-7-15-10-16(19(22)21-17(15)8-12)11-20-25(23,24)18-9-13(2)4-6-14(18)3/h4-10,20H,11H2,1-3H3,(H,21,22). The molecule has 0 fully saturated rings. The number of benzene rings is 2. The van der Waals surface area contributed by atoms with Crippen molar-refractivity contribution in [2.24, 2.45) is 0 Å². The molecule has 130 valence electrons. The average molecular weight is 356 g/mol. The Morgan fingerprint density at radius 2 is 1.64 bits per heavy atom. The zero-order valence-electron chi connectivity index (χ0n) is 14.4. The molecule has 0 saturated carbocycles. The maximum Gasteiger partial charge on any atom is 0.252 e. The molecule has 0 aliphatic carbocycles. The fourth-order valence-corrected chi connectivity index (χ4v) is 4.07. The summed E-state index contributed by atoms with van der Waals surface area (Å²) in [5, 5.41) is 0.867. The van der Waals surface area contributed by atoms with Crippen molar-refractivity contribution in [3.63, 3.8) is 0 Å². The second-order valence-electron chi connectivity index (χ2n) is 6.31. The number of hydrogen-bond acceptors (Lipinski definition) is 3. The lowest BCUT2D eigenvalue weighted by molar-refractivity contribution is 0.580. The Labute approximate surface area is 146 Å². The third-order valence-electron chi connectivity index (χ3n) is 4.16. The van der Waals surface area contributed by atoms with Crippen LogP contribution < -0.4 is 10.3 Å². The summed E-state index contributed by atoms with van der Waals surface area (Å²) in [5.41, 5.74) is 3.41.